The maximum absolute atomic E-state index is 12.7. The summed E-state index contributed by atoms with van der Waals surface area (Å²) in [6.45, 7) is 0.746. The summed E-state index contributed by atoms with van der Waals surface area (Å²) in [5.41, 5.74) is -0.432. The van der Waals surface area contributed by atoms with Gasteiger partial charge in [-0.1, -0.05) is 11.6 Å². The smallest absolute Gasteiger partial charge is 0.335 e. The Morgan fingerprint density at radius 2 is 2.19 bits per heavy atom. The molecule has 2 aromatic rings. The first-order chi connectivity index (χ1) is 12.8. The zero-order valence-electron chi connectivity index (χ0n) is 13.9. The summed E-state index contributed by atoms with van der Waals surface area (Å²) in [4.78, 5) is 22.7. The number of aliphatic hydroxyl groups excluding tert-OH is 1. The van der Waals surface area contributed by atoms with Crippen LogP contribution in [0, 0.1) is 0 Å². The zero-order valence-corrected chi connectivity index (χ0v) is 15.5. The van der Waals surface area contributed by atoms with Gasteiger partial charge in [0.15, 0.2) is 0 Å². The molecule has 0 aromatic carbocycles. The van der Waals surface area contributed by atoms with Crippen LogP contribution in [-0.2, 0) is 10.0 Å². The van der Waals surface area contributed by atoms with Crippen molar-refractivity contribution in [3.63, 3.8) is 0 Å². The minimum atomic E-state index is -4.47. The molecule has 2 amide bonds. The third kappa shape index (κ3) is 5.45. The Morgan fingerprint density at radius 3 is 2.85 bits per heavy atom. The van der Waals surface area contributed by atoms with E-state index in [-0.39, 0.29) is 23.6 Å². The van der Waals surface area contributed by atoms with E-state index < -0.39 is 39.4 Å². The summed E-state index contributed by atoms with van der Waals surface area (Å²) in [5, 5.41) is 11.6. The van der Waals surface area contributed by atoms with Gasteiger partial charge in [-0.3, -0.25) is 10.3 Å². The number of nitrogens with one attached hydrogen (secondary N) is 2. The quantitative estimate of drug-likeness (QED) is 0.572. The van der Waals surface area contributed by atoms with Crippen molar-refractivity contribution in [3.8, 4) is 5.88 Å². The van der Waals surface area contributed by atoms with Gasteiger partial charge in [0.05, 0.1) is 12.3 Å². The molecule has 0 spiro atoms. The van der Waals surface area contributed by atoms with Gasteiger partial charge in [0.25, 0.3) is 10.0 Å². The minimum Gasteiger partial charge on any atom is -0.478 e. The van der Waals surface area contributed by atoms with Crippen LogP contribution >= 0.6 is 11.6 Å². The van der Waals surface area contributed by atoms with Crippen molar-refractivity contribution in [2.24, 2.45) is 0 Å². The highest BCUT2D eigenvalue weighted by molar-refractivity contribution is 7.90. The van der Waals surface area contributed by atoms with E-state index in [4.69, 9.17) is 16.3 Å². The number of ether oxygens (including phenoxy) is 1. The Morgan fingerprint density at radius 1 is 1.44 bits per heavy atom. The minimum absolute atomic E-state index is 0.0350. The van der Waals surface area contributed by atoms with Gasteiger partial charge >= 0.3 is 6.03 Å². The Kier molecular flexibility index (Phi) is 6.82. The summed E-state index contributed by atoms with van der Waals surface area (Å²) >= 11 is 5.78. The van der Waals surface area contributed by atoms with Crippen molar-refractivity contribution in [1.82, 2.24) is 19.7 Å². The number of alkyl halides is 1. The van der Waals surface area contributed by atoms with Gasteiger partial charge in [0.1, 0.15) is 22.8 Å². The predicted octanol–water partition coefficient (Wildman–Crippen LogP) is 1.44. The molecule has 0 bridgehead atoms. The first-order valence-corrected chi connectivity index (χ1v) is 9.33. The average molecular weight is 420 g/mol. The number of pyridine rings is 1. The molecule has 2 rings (SSSR count). The topological polar surface area (TPSA) is 143 Å². The Balaban J connectivity index is 2.21. The number of carbonyl (C=O) groups excluding carboxylic acids is 1. The summed E-state index contributed by atoms with van der Waals surface area (Å²) in [5.74, 6) is -0.217. The number of amides is 2. The molecule has 0 aliphatic carbocycles. The number of halogens is 2. The number of aromatic nitrogens is 3. The fraction of sp³-hybridized carbons (Fsp3) is 0.286. The van der Waals surface area contributed by atoms with Crippen molar-refractivity contribution in [2.45, 2.75) is 17.9 Å². The van der Waals surface area contributed by atoms with E-state index in [0.29, 0.717) is 0 Å². The van der Waals surface area contributed by atoms with E-state index in [9.17, 15) is 22.7 Å². The van der Waals surface area contributed by atoms with Gasteiger partial charge in [-0.2, -0.15) is 4.98 Å². The van der Waals surface area contributed by atoms with E-state index >= 15 is 0 Å². The lowest BCUT2D eigenvalue weighted by Crippen LogP contribution is -2.35. The van der Waals surface area contributed by atoms with Gasteiger partial charge in [-0.05, 0) is 19.1 Å². The monoisotopic (exact) mass is 419 g/mol. The lowest BCUT2D eigenvalue weighted by Gasteiger charge is -2.13. The average Bonchev–Trinajstić information content (AvgIpc) is 2.60. The van der Waals surface area contributed by atoms with Crippen LogP contribution in [0.2, 0.25) is 5.15 Å². The molecule has 0 aliphatic rings. The third-order valence-electron chi connectivity index (χ3n) is 2.97. The molecule has 0 fully saturated rings. The normalized spacial score (nSPS) is 12.3. The second-order valence-corrected chi connectivity index (χ2v) is 6.94. The number of rotatable bonds is 7. The molecule has 27 heavy (non-hydrogen) atoms. The third-order valence-corrected chi connectivity index (χ3v) is 4.54. The fourth-order valence-electron chi connectivity index (χ4n) is 1.93. The maximum atomic E-state index is 12.7. The lowest BCUT2D eigenvalue weighted by molar-refractivity contribution is 0.134. The Bertz CT molecular complexity index is 930. The molecule has 0 radical (unpaired) electrons. The van der Waals surface area contributed by atoms with Gasteiger partial charge < -0.3 is 9.84 Å². The van der Waals surface area contributed by atoms with Crippen LogP contribution in [-0.4, -0.2) is 47.8 Å². The van der Waals surface area contributed by atoms with Crippen LogP contribution in [0.5, 0.6) is 5.88 Å². The highest BCUT2D eigenvalue weighted by atomic mass is 35.5. The molecule has 2 aromatic heterocycles. The van der Waals surface area contributed by atoms with Crippen LogP contribution in [0.25, 0.3) is 0 Å². The number of hydrogen-bond donors (Lipinski definition) is 3. The van der Waals surface area contributed by atoms with E-state index in [2.05, 4.69) is 20.3 Å². The highest BCUT2D eigenvalue weighted by Crippen LogP contribution is 2.21. The Hall–Kier alpha value is -2.57. The number of anilines is 1. The van der Waals surface area contributed by atoms with E-state index in [1.165, 1.54) is 18.3 Å². The van der Waals surface area contributed by atoms with Crippen molar-refractivity contribution >= 4 is 33.6 Å². The maximum Gasteiger partial charge on any atom is 0.335 e. The summed E-state index contributed by atoms with van der Waals surface area (Å²) in [7, 11) is -4.47. The lowest BCUT2D eigenvalue weighted by atomic mass is 10.2. The molecular weight excluding hydrogens is 405 g/mol. The number of sulfonamides is 1. The fourth-order valence-corrected chi connectivity index (χ4v) is 3.23. The first-order valence-electron chi connectivity index (χ1n) is 7.47. The molecule has 1 unspecified atom stereocenters. The second kappa shape index (κ2) is 8.88. The van der Waals surface area contributed by atoms with Gasteiger partial charge in [0.2, 0.25) is 11.8 Å². The van der Waals surface area contributed by atoms with E-state index in [1.54, 1.807) is 11.6 Å². The van der Waals surface area contributed by atoms with Crippen LogP contribution < -0.4 is 14.8 Å². The van der Waals surface area contributed by atoms with Gasteiger partial charge in [0, 0.05) is 12.3 Å². The number of nitrogens with zero attached hydrogens (tertiary/aromatic N) is 3. The molecule has 0 aliphatic heterocycles. The van der Waals surface area contributed by atoms with Crippen LogP contribution in [0.3, 0.4) is 0 Å². The molecule has 10 nitrogen and oxygen atoms in total. The van der Waals surface area contributed by atoms with Crippen LogP contribution in [0.1, 0.15) is 18.7 Å². The molecule has 146 valence electrons. The predicted molar refractivity (Wildman–Crippen MR) is 92.7 cm³/mol. The number of urea groups is 1. The molecule has 3 N–H and O–H groups in total. The molecule has 0 saturated heterocycles. The number of aliphatic hydroxyl groups is 1. The standard InChI is InChI=1S/C14H15ClFN5O5S/c1-2-26-11-6-10(15)18-13(19-11)20-14(23)21-27(24,25)9-4-3-5-17-12(9)8(22)7-16/h3-6,8,22H,2,7H2,1H3,(H2,18,19,20,21,23). The zero-order chi connectivity index (χ0) is 20.0. The molecule has 13 heteroatoms. The Labute approximate surface area is 158 Å². The van der Waals surface area contributed by atoms with E-state index in [0.717, 1.165) is 6.07 Å². The van der Waals surface area contributed by atoms with Crippen molar-refractivity contribution in [3.05, 3.63) is 35.2 Å². The number of carbonyl (C=O) groups is 1. The summed E-state index contributed by atoms with van der Waals surface area (Å²) in [6, 6.07) is 2.43. The highest BCUT2D eigenvalue weighted by Gasteiger charge is 2.26. The summed E-state index contributed by atoms with van der Waals surface area (Å²) in [6.07, 6.45) is -0.576. The molecule has 1 atom stereocenters. The molecule has 2 heterocycles. The first kappa shape index (κ1) is 20.7. The second-order valence-electron chi connectivity index (χ2n) is 4.90. The van der Waals surface area contributed by atoms with Crippen molar-refractivity contribution in [1.29, 1.82) is 0 Å². The van der Waals surface area contributed by atoms with Crippen LogP contribution in [0.15, 0.2) is 29.3 Å². The molecule has 0 saturated carbocycles. The summed E-state index contributed by atoms with van der Waals surface area (Å²) < 4.78 is 44.3. The molecular formula is C14H15ClFN5O5S. The van der Waals surface area contributed by atoms with Crippen molar-refractivity contribution < 1.29 is 27.4 Å². The van der Waals surface area contributed by atoms with Crippen LogP contribution in [0.4, 0.5) is 15.1 Å². The van der Waals surface area contributed by atoms with Gasteiger partial charge in [-0.25, -0.2) is 27.3 Å². The SMILES string of the molecule is CCOc1cc(Cl)nc(NC(=O)NS(=O)(=O)c2cccnc2C(O)CF)n1. The van der Waals surface area contributed by atoms with Gasteiger partial charge in [-0.15, -0.1) is 0 Å². The largest absolute Gasteiger partial charge is 0.478 e. The van der Waals surface area contributed by atoms with Crippen molar-refractivity contribution in [2.75, 3.05) is 18.6 Å². The number of hydrogen-bond acceptors (Lipinski definition) is 8. The van der Waals surface area contributed by atoms with E-state index in [1.807, 2.05) is 0 Å².